The molecule has 4 heteroatoms. The summed E-state index contributed by atoms with van der Waals surface area (Å²) in [6.45, 7) is 6.22. The first kappa shape index (κ1) is 12.8. The summed E-state index contributed by atoms with van der Waals surface area (Å²) in [5.41, 5.74) is 0. The largest absolute Gasteiger partial charge is 0.481 e. The molecule has 0 aromatic heterocycles. The average Bonchev–Trinajstić information content (AvgIpc) is 2.28. The van der Waals surface area contributed by atoms with Gasteiger partial charge in [0.1, 0.15) is 0 Å². The van der Waals surface area contributed by atoms with Gasteiger partial charge in [-0.05, 0) is 39.5 Å². The molecule has 1 aliphatic carbocycles. The maximum atomic E-state index is 10.9. The van der Waals surface area contributed by atoms with Crippen LogP contribution in [0.2, 0.25) is 0 Å². The molecule has 0 aromatic rings. The molecule has 2 atom stereocenters. The predicted octanol–water partition coefficient (Wildman–Crippen LogP) is 1.74. The summed E-state index contributed by atoms with van der Waals surface area (Å²) in [5, 5.41) is 8.99. The van der Waals surface area contributed by atoms with Crippen LogP contribution in [0.15, 0.2) is 0 Å². The highest BCUT2D eigenvalue weighted by molar-refractivity contribution is 5.70. The van der Waals surface area contributed by atoms with E-state index in [0.717, 1.165) is 38.8 Å². The van der Waals surface area contributed by atoms with Gasteiger partial charge in [-0.3, -0.25) is 9.69 Å². The standard InChI is InChI=1S/C13H23NO3/c1-9-7-14(8-10(2)17-9)12-5-3-11(4-6-12)13(15)16/h9-12H,3-8H2,1-2H3,(H,15,16). The molecule has 1 heterocycles. The number of aliphatic carboxylic acids is 1. The van der Waals surface area contributed by atoms with Gasteiger partial charge < -0.3 is 9.84 Å². The average molecular weight is 241 g/mol. The van der Waals surface area contributed by atoms with Crippen molar-refractivity contribution in [3.8, 4) is 0 Å². The highest BCUT2D eigenvalue weighted by atomic mass is 16.5. The van der Waals surface area contributed by atoms with E-state index in [1.807, 2.05) is 0 Å². The smallest absolute Gasteiger partial charge is 0.306 e. The molecular weight excluding hydrogens is 218 g/mol. The van der Waals surface area contributed by atoms with E-state index in [-0.39, 0.29) is 5.92 Å². The van der Waals surface area contributed by atoms with Gasteiger partial charge in [-0.15, -0.1) is 0 Å². The van der Waals surface area contributed by atoms with Crippen LogP contribution in [0.5, 0.6) is 0 Å². The van der Waals surface area contributed by atoms with Gasteiger partial charge in [0.25, 0.3) is 0 Å². The number of morpholine rings is 1. The fourth-order valence-corrected chi connectivity index (χ4v) is 3.20. The fraction of sp³-hybridized carbons (Fsp3) is 0.923. The van der Waals surface area contributed by atoms with Gasteiger partial charge in [0, 0.05) is 19.1 Å². The Balaban J connectivity index is 1.85. The monoisotopic (exact) mass is 241 g/mol. The second-order valence-electron chi connectivity index (χ2n) is 5.55. The number of carbonyl (C=O) groups is 1. The van der Waals surface area contributed by atoms with Crippen LogP contribution < -0.4 is 0 Å². The van der Waals surface area contributed by atoms with Gasteiger partial charge in [0.05, 0.1) is 18.1 Å². The van der Waals surface area contributed by atoms with Crippen molar-refractivity contribution in [3.05, 3.63) is 0 Å². The van der Waals surface area contributed by atoms with E-state index < -0.39 is 5.97 Å². The maximum Gasteiger partial charge on any atom is 0.306 e. The van der Waals surface area contributed by atoms with Crippen LogP contribution in [0, 0.1) is 5.92 Å². The number of carboxylic acid groups (broad SMARTS) is 1. The molecule has 0 spiro atoms. The first-order valence-corrected chi connectivity index (χ1v) is 6.68. The Bertz CT molecular complexity index is 264. The third-order valence-electron chi connectivity index (χ3n) is 4.01. The predicted molar refractivity (Wildman–Crippen MR) is 65.0 cm³/mol. The third kappa shape index (κ3) is 3.19. The summed E-state index contributed by atoms with van der Waals surface area (Å²) in [6.07, 6.45) is 4.32. The molecule has 98 valence electrons. The number of hydrogen-bond acceptors (Lipinski definition) is 3. The van der Waals surface area contributed by atoms with Crippen molar-refractivity contribution in [2.45, 2.75) is 57.8 Å². The van der Waals surface area contributed by atoms with Crippen molar-refractivity contribution in [1.82, 2.24) is 4.90 Å². The molecule has 17 heavy (non-hydrogen) atoms. The lowest BCUT2D eigenvalue weighted by atomic mass is 9.85. The zero-order valence-electron chi connectivity index (χ0n) is 10.8. The molecule has 2 aliphatic rings. The van der Waals surface area contributed by atoms with E-state index in [4.69, 9.17) is 9.84 Å². The quantitative estimate of drug-likeness (QED) is 0.800. The molecule has 1 saturated heterocycles. The van der Waals surface area contributed by atoms with Crippen molar-refractivity contribution >= 4 is 5.97 Å². The highest BCUT2D eigenvalue weighted by Gasteiger charge is 2.32. The topological polar surface area (TPSA) is 49.8 Å². The zero-order chi connectivity index (χ0) is 12.4. The minimum atomic E-state index is -0.618. The minimum Gasteiger partial charge on any atom is -0.481 e. The Labute approximate surface area is 103 Å². The number of hydrogen-bond donors (Lipinski definition) is 1. The summed E-state index contributed by atoms with van der Waals surface area (Å²) in [7, 11) is 0. The van der Waals surface area contributed by atoms with E-state index in [1.165, 1.54) is 0 Å². The second-order valence-corrected chi connectivity index (χ2v) is 5.55. The molecule has 2 rings (SSSR count). The SMILES string of the molecule is CC1CN(C2CCC(C(=O)O)CC2)CC(C)O1. The molecule has 1 saturated carbocycles. The van der Waals surface area contributed by atoms with Crippen molar-refractivity contribution in [3.63, 3.8) is 0 Å². The van der Waals surface area contributed by atoms with Crippen LogP contribution in [-0.2, 0) is 9.53 Å². The Morgan fingerprint density at radius 2 is 1.65 bits per heavy atom. The van der Waals surface area contributed by atoms with Gasteiger partial charge in [-0.25, -0.2) is 0 Å². The Morgan fingerprint density at radius 1 is 1.12 bits per heavy atom. The zero-order valence-corrected chi connectivity index (χ0v) is 10.8. The van der Waals surface area contributed by atoms with Gasteiger partial charge in [0.2, 0.25) is 0 Å². The Kier molecular flexibility index (Phi) is 4.05. The van der Waals surface area contributed by atoms with Crippen LogP contribution in [0.3, 0.4) is 0 Å². The number of carboxylic acids is 1. The lowest BCUT2D eigenvalue weighted by Crippen LogP contribution is -2.51. The lowest BCUT2D eigenvalue weighted by Gasteiger charge is -2.42. The second kappa shape index (κ2) is 5.36. The Hall–Kier alpha value is -0.610. The van der Waals surface area contributed by atoms with Crippen LogP contribution >= 0.6 is 0 Å². The van der Waals surface area contributed by atoms with E-state index in [0.29, 0.717) is 18.2 Å². The van der Waals surface area contributed by atoms with Crippen LogP contribution in [-0.4, -0.2) is 47.3 Å². The summed E-state index contributed by atoms with van der Waals surface area (Å²) in [5.74, 6) is -0.727. The van der Waals surface area contributed by atoms with Crippen LogP contribution in [0.25, 0.3) is 0 Å². The molecule has 2 fully saturated rings. The molecular formula is C13H23NO3. The molecule has 0 radical (unpaired) electrons. The minimum absolute atomic E-state index is 0.109. The number of rotatable bonds is 2. The number of nitrogens with zero attached hydrogens (tertiary/aromatic N) is 1. The van der Waals surface area contributed by atoms with Gasteiger partial charge in [-0.1, -0.05) is 0 Å². The summed E-state index contributed by atoms with van der Waals surface area (Å²) in [6, 6.07) is 0.569. The summed E-state index contributed by atoms with van der Waals surface area (Å²) >= 11 is 0. The molecule has 1 N–H and O–H groups in total. The Morgan fingerprint density at radius 3 is 2.12 bits per heavy atom. The molecule has 2 unspecified atom stereocenters. The fourth-order valence-electron chi connectivity index (χ4n) is 3.20. The third-order valence-corrected chi connectivity index (χ3v) is 4.01. The van der Waals surface area contributed by atoms with E-state index in [1.54, 1.807) is 0 Å². The normalized spacial score (nSPS) is 40.1. The van der Waals surface area contributed by atoms with Crippen LogP contribution in [0.1, 0.15) is 39.5 Å². The van der Waals surface area contributed by atoms with Gasteiger partial charge >= 0.3 is 5.97 Å². The molecule has 0 aromatic carbocycles. The molecule has 0 bridgehead atoms. The van der Waals surface area contributed by atoms with Crippen molar-refractivity contribution in [1.29, 1.82) is 0 Å². The van der Waals surface area contributed by atoms with E-state index >= 15 is 0 Å². The summed E-state index contributed by atoms with van der Waals surface area (Å²) in [4.78, 5) is 13.4. The maximum absolute atomic E-state index is 10.9. The molecule has 0 amide bonds. The molecule has 1 aliphatic heterocycles. The van der Waals surface area contributed by atoms with Crippen LogP contribution in [0.4, 0.5) is 0 Å². The number of ether oxygens (including phenoxy) is 1. The molecule has 4 nitrogen and oxygen atoms in total. The summed E-state index contributed by atoms with van der Waals surface area (Å²) < 4.78 is 5.73. The lowest BCUT2D eigenvalue weighted by molar-refractivity contribution is -0.143. The van der Waals surface area contributed by atoms with E-state index in [9.17, 15) is 4.79 Å². The van der Waals surface area contributed by atoms with Crippen molar-refractivity contribution < 1.29 is 14.6 Å². The highest BCUT2D eigenvalue weighted by Crippen LogP contribution is 2.29. The van der Waals surface area contributed by atoms with Crippen molar-refractivity contribution in [2.75, 3.05) is 13.1 Å². The first-order chi connectivity index (χ1) is 8.06. The van der Waals surface area contributed by atoms with Crippen molar-refractivity contribution in [2.24, 2.45) is 5.92 Å². The van der Waals surface area contributed by atoms with Gasteiger partial charge in [0.15, 0.2) is 0 Å². The van der Waals surface area contributed by atoms with Gasteiger partial charge in [-0.2, -0.15) is 0 Å². The van der Waals surface area contributed by atoms with E-state index in [2.05, 4.69) is 18.7 Å². The first-order valence-electron chi connectivity index (χ1n) is 6.68.